The molecule has 5 unspecified atom stereocenters. The summed E-state index contributed by atoms with van der Waals surface area (Å²) in [5, 5.41) is 13.0. The van der Waals surface area contributed by atoms with Gasteiger partial charge in [0.2, 0.25) is 0 Å². The van der Waals surface area contributed by atoms with Gasteiger partial charge in [0.25, 0.3) is 0 Å². The standard InChI is InChI=1S/C17H33N3O2/c1-12-7-13(2)9-19(8-12)10-15(4)18-17(22)20-6-5-14(3)16(21)11-20/h12-16,21H,5-11H2,1-4H3,(H,18,22). The van der Waals surface area contributed by atoms with Gasteiger partial charge in [0.05, 0.1) is 6.10 Å². The SMILES string of the molecule is CC1CC(C)CN(CC(C)NC(=O)N2CCC(C)C(O)C2)C1. The lowest BCUT2D eigenvalue weighted by Crippen LogP contribution is -2.53. The van der Waals surface area contributed by atoms with Crippen LogP contribution in [0.5, 0.6) is 0 Å². The Hall–Kier alpha value is -0.810. The zero-order chi connectivity index (χ0) is 16.3. The highest BCUT2D eigenvalue weighted by Gasteiger charge is 2.28. The maximum atomic E-state index is 12.3. The normalized spacial score (nSPS) is 35.2. The molecule has 0 aromatic rings. The highest BCUT2D eigenvalue weighted by Crippen LogP contribution is 2.21. The van der Waals surface area contributed by atoms with Crippen LogP contribution in [0.25, 0.3) is 0 Å². The number of piperidine rings is 2. The Labute approximate surface area is 135 Å². The molecule has 0 saturated carbocycles. The van der Waals surface area contributed by atoms with Gasteiger partial charge in [0.1, 0.15) is 0 Å². The molecule has 2 N–H and O–H groups in total. The van der Waals surface area contributed by atoms with Crippen LogP contribution in [-0.2, 0) is 0 Å². The van der Waals surface area contributed by atoms with Crippen molar-refractivity contribution >= 4 is 6.03 Å². The molecule has 2 rings (SSSR count). The molecule has 0 radical (unpaired) electrons. The van der Waals surface area contributed by atoms with E-state index in [2.05, 4.69) is 31.0 Å². The van der Waals surface area contributed by atoms with Gasteiger partial charge in [-0.05, 0) is 37.5 Å². The van der Waals surface area contributed by atoms with E-state index in [1.807, 2.05) is 6.92 Å². The van der Waals surface area contributed by atoms with Gasteiger partial charge in [0.15, 0.2) is 0 Å². The first kappa shape index (κ1) is 17.5. The topological polar surface area (TPSA) is 55.8 Å². The highest BCUT2D eigenvalue weighted by atomic mass is 16.3. The lowest BCUT2D eigenvalue weighted by Gasteiger charge is -2.38. The summed E-state index contributed by atoms with van der Waals surface area (Å²) in [5.74, 6) is 1.77. The second kappa shape index (κ2) is 7.64. The second-order valence-electron chi connectivity index (χ2n) is 7.79. The minimum atomic E-state index is -0.390. The Morgan fingerprint density at radius 3 is 2.45 bits per heavy atom. The van der Waals surface area contributed by atoms with E-state index in [1.165, 1.54) is 6.42 Å². The molecule has 2 aliphatic rings. The number of carbonyl (C=O) groups is 1. The van der Waals surface area contributed by atoms with Crippen molar-refractivity contribution in [3.8, 4) is 0 Å². The van der Waals surface area contributed by atoms with Crippen LogP contribution in [0, 0.1) is 17.8 Å². The minimum absolute atomic E-state index is 0.0310. The van der Waals surface area contributed by atoms with Gasteiger partial charge in [-0.3, -0.25) is 0 Å². The number of aliphatic hydroxyl groups excluding tert-OH is 1. The fraction of sp³-hybridized carbons (Fsp3) is 0.941. The van der Waals surface area contributed by atoms with Gasteiger partial charge in [-0.15, -0.1) is 0 Å². The summed E-state index contributed by atoms with van der Waals surface area (Å²) >= 11 is 0. The molecule has 0 aromatic carbocycles. The molecule has 0 spiro atoms. The van der Waals surface area contributed by atoms with Gasteiger partial charge in [-0.2, -0.15) is 0 Å². The highest BCUT2D eigenvalue weighted by molar-refractivity contribution is 5.74. The average molecular weight is 311 g/mol. The molecular weight excluding hydrogens is 278 g/mol. The van der Waals surface area contributed by atoms with E-state index in [4.69, 9.17) is 0 Å². The second-order valence-corrected chi connectivity index (χ2v) is 7.79. The fourth-order valence-corrected chi connectivity index (χ4v) is 3.91. The molecule has 0 bridgehead atoms. The molecular formula is C17H33N3O2. The van der Waals surface area contributed by atoms with E-state index in [0.717, 1.165) is 44.4 Å². The fourth-order valence-electron chi connectivity index (χ4n) is 3.91. The van der Waals surface area contributed by atoms with Crippen molar-refractivity contribution in [3.05, 3.63) is 0 Å². The van der Waals surface area contributed by atoms with Crippen LogP contribution in [-0.4, -0.2) is 65.8 Å². The molecule has 5 heteroatoms. The molecule has 2 fully saturated rings. The van der Waals surface area contributed by atoms with E-state index in [9.17, 15) is 9.90 Å². The largest absolute Gasteiger partial charge is 0.391 e. The van der Waals surface area contributed by atoms with Crippen LogP contribution >= 0.6 is 0 Å². The zero-order valence-corrected chi connectivity index (χ0v) is 14.6. The molecule has 0 aliphatic carbocycles. The van der Waals surface area contributed by atoms with Gasteiger partial charge < -0.3 is 20.2 Å². The Bertz CT molecular complexity index is 367. The van der Waals surface area contributed by atoms with Crippen LogP contribution in [0.4, 0.5) is 4.79 Å². The molecule has 2 aliphatic heterocycles. The van der Waals surface area contributed by atoms with Crippen LogP contribution in [0.3, 0.4) is 0 Å². The van der Waals surface area contributed by atoms with E-state index in [1.54, 1.807) is 4.90 Å². The smallest absolute Gasteiger partial charge is 0.317 e. The molecule has 128 valence electrons. The van der Waals surface area contributed by atoms with E-state index in [0.29, 0.717) is 6.54 Å². The molecule has 5 nitrogen and oxygen atoms in total. The first-order valence-electron chi connectivity index (χ1n) is 8.81. The maximum absolute atomic E-state index is 12.3. The summed E-state index contributed by atoms with van der Waals surface area (Å²) in [4.78, 5) is 16.5. The molecule has 22 heavy (non-hydrogen) atoms. The number of nitrogens with zero attached hydrogens (tertiary/aromatic N) is 2. The third-order valence-corrected chi connectivity index (χ3v) is 5.05. The number of urea groups is 1. The van der Waals surface area contributed by atoms with Crippen LogP contribution in [0.15, 0.2) is 0 Å². The predicted molar refractivity (Wildman–Crippen MR) is 88.7 cm³/mol. The summed E-state index contributed by atoms with van der Waals surface area (Å²) in [5.41, 5.74) is 0. The minimum Gasteiger partial charge on any atom is -0.391 e. The van der Waals surface area contributed by atoms with E-state index < -0.39 is 6.10 Å². The third kappa shape index (κ3) is 4.85. The number of carbonyl (C=O) groups excluding carboxylic acids is 1. The first-order valence-corrected chi connectivity index (χ1v) is 8.81. The summed E-state index contributed by atoms with van der Waals surface area (Å²) < 4.78 is 0. The number of rotatable bonds is 3. The van der Waals surface area contributed by atoms with Crippen LogP contribution in [0.1, 0.15) is 40.5 Å². The summed E-state index contributed by atoms with van der Waals surface area (Å²) in [6.45, 7) is 13.1. The average Bonchev–Trinajstić information content (AvgIpc) is 2.40. The van der Waals surface area contributed by atoms with Crippen molar-refractivity contribution in [3.63, 3.8) is 0 Å². The quantitative estimate of drug-likeness (QED) is 0.835. The Kier molecular flexibility index (Phi) is 6.09. The molecule has 0 aromatic heterocycles. The number of aliphatic hydroxyl groups is 1. The number of amides is 2. The molecule has 5 atom stereocenters. The summed E-state index contributed by atoms with van der Waals surface area (Å²) in [7, 11) is 0. The van der Waals surface area contributed by atoms with Gasteiger partial charge >= 0.3 is 6.03 Å². The summed E-state index contributed by atoms with van der Waals surface area (Å²) in [6.07, 6.45) is 1.80. The van der Waals surface area contributed by atoms with E-state index in [-0.39, 0.29) is 18.0 Å². The zero-order valence-electron chi connectivity index (χ0n) is 14.6. The van der Waals surface area contributed by atoms with Crippen molar-refractivity contribution in [2.24, 2.45) is 17.8 Å². The number of β-amino-alcohol motifs (C(OH)–C–C–N with tert-alkyl or cyclic N) is 1. The third-order valence-electron chi connectivity index (χ3n) is 5.05. The lowest BCUT2D eigenvalue weighted by molar-refractivity contribution is 0.0425. The van der Waals surface area contributed by atoms with Crippen molar-refractivity contribution < 1.29 is 9.90 Å². The molecule has 2 heterocycles. The number of hydrogen-bond acceptors (Lipinski definition) is 3. The first-order chi connectivity index (χ1) is 10.3. The maximum Gasteiger partial charge on any atom is 0.317 e. The van der Waals surface area contributed by atoms with Crippen molar-refractivity contribution in [2.45, 2.75) is 52.7 Å². The monoisotopic (exact) mass is 311 g/mol. The number of hydrogen-bond donors (Lipinski definition) is 2. The van der Waals surface area contributed by atoms with Crippen molar-refractivity contribution in [1.82, 2.24) is 15.1 Å². The van der Waals surface area contributed by atoms with Gasteiger partial charge in [-0.25, -0.2) is 4.79 Å². The Morgan fingerprint density at radius 2 is 1.86 bits per heavy atom. The summed E-state index contributed by atoms with van der Waals surface area (Å²) in [6, 6.07) is 0.109. The number of likely N-dealkylation sites (tertiary alicyclic amines) is 2. The van der Waals surface area contributed by atoms with Crippen LogP contribution < -0.4 is 5.32 Å². The predicted octanol–water partition coefficient (Wildman–Crippen LogP) is 1.77. The van der Waals surface area contributed by atoms with Gasteiger partial charge in [-0.1, -0.05) is 20.8 Å². The lowest BCUT2D eigenvalue weighted by atomic mass is 9.92. The van der Waals surface area contributed by atoms with Crippen molar-refractivity contribution in [2.75, 3.05) is 32.7 Å². The molecule has 2 saturated heterocycles. The Balaban J connectivity index is 1.76. The van der Waals surface area contributed by atoms with E-state index >= 15 is 0 Å². The van der Waals surface area contributed by atoms with Crippen LogP contribution in [0.2, 0.25) is 0 Å². The Morgan fingerprint density at radius 1 is 1.23 bits per heavy atom. The number of nitrogens with one attached hydrogen (secondary N) is 1. The van der Waals surface area contributed by atoms with Gasteiger partial charge in [0, 0.05) is 38.8 Å². The van der Waals surface area contributed by atoms with Crippen molar-refractivity contribution in [1.29, 1.82) is 0 Å². The molecule has 2 amide bonds.